The number of aryl methyl sites for hydroxylation is 1. The first-order valence-electron chi connectivity index (χ1n) is 4.21. The first kappa shape index (κ1) is 9.85. The van der Waals surface area contributed by atoms with Gasteiger partial charge >= 0.3 is 93.7 Å². The fourth-order valence-corrected chi connectivity index (χ4v) is 3.51. The molecule has 2 aromatic rings. The Hall–Kier alpha value is -0.691. The van der Waals surface area contributed by atoms with Crippen molar-refractivity contribution in [3.05, 3.63) is 39.8 Å². The summed E-state index contributed by atoms with van der Waals surface area (Å²) in [5, 5.41) is 10.2. The molecule has 2 rings (SSSR count). The zero-order valence-corrected chi connectivity index (χ0v) is 10.1. The number of hydrogen-bond donors (Lipinski definition) is 1. The summed E-state index contributed by atoms with van der Waals surface area (Å²) in [6.45, 7) is 1.89. The maximum atomic E-state index is 9.39. The molecule has 0 unspecified atom stereocenters. The van der Waals surface area contributed by atoms with Gasteiger partial charge in [0, 0.05) is 0 Å². The summed E-state index contributed by atoms with van der Waals surface area (Å²) in [4.78, 5) is 2.10. The van der Waals surface area contributed by atoms with E-state index in [0.717, 1.165) is 16.1 Å². The topological polar surface area (TPSA) is 20.2 Å². The number of rotatable bonds is 1. The van der Waals surface area contributed by atoms with Gasteiger partial charge in [-0.25, -0.2) is 0 Å². The van der Waals surface area contributed by atoms with Crippen molar-refractivity contribution < 1.29 is 5.11 Å². The van der Waals surface area contributed by atoms with E-state index in [1.54, 1.807) is 6.07 Å². The Morgan fingerprint density at radius 1 is 1.29 bits per heavy atom. The number of halogens is 1. The zero-order valence-electron chi connectivity index (χ0n) is 7.62. The molecule has 0 saturated heterocycles. The quantitative estimate of drug-likeness (QED) is 0.790. The summed E-state index contributed by atoms with van der Waals surface area (Å²) in [5.41, 5.74) is 2.01. The van der Waals surface area contributed by atoms with Gasteiger partial charge in [-0.05, 0) is 0 Å². The van der Waals surface area contributed by atoms with Gasteiger partial charge in [-0.15, -0.1) is 0 Å². The van der Waals surface area contributed by atoms with Crippen LogP contribution in [0.3, 0.4) is 0 Å². The van der Waals surface area contributed by atoms with Gasteiger partial charge in [-0.1, -0.05) is 0 Å². The van der Waals surface area contributed by atoms with Crippen LogP contribution < -0.4 is 0 Å². The Balaban J connectivity index is 2.53. The van der Waals surface area contributed by atoms with Gasteiger partial charge in [0.2, 0.25) is 0 Å². The van der Waals surface area contributed by atoms with E-state index in [9.17, 15) is 5.11 Å². The number of benzene rings is 1. The van der Waals surface area contributed by atoms with Gasteiger partial charge in [0.1, 0.15) is 0 Å². The Morgan fingerprint density at radius 2 is 2.07 bits per heavy atom. The van der Waals surface area contributed by atoms with Crippen molar-refractivity contribution in [1.82, 2.24) is 0 Å². The monoisotopic (exact) mass is 272 g/mol. The van der Waals surface area contributed by atoms with Crippen molar-refractivity contribution in [2.45, 2.75) is 6.92 Å². The van der Waals surface area contributed by atoms with Crippen LogP contribution in [-0.2, 0) is 0 Å². The van der Waals surface area contributed by atoms with E-state index in [1.165, 1.54) is 4.44 Å². The second-order valence-corrected chi connectivity index (χ2v) is 5.43. The van der Waals surface area contributed by atoms with Crippen LogP contribution in [0.15, 0.2) is 29.2 Å². The number of aromatic hydroxyl groups is 1. The van der Waals surface area contributed by atoms with E-state index in [1.807, 2.05) is 25.1 Å². The van der Waals surface area contributed by atoms with Crippen LogP contribution in [0, 0.1) is 6.92 Å². The first-order valence-corrected chi connectivity index (χ1v) is 6.44. The molecule has 0 amide bonds. The van der Waals surface area contributed by atoms with E-state index in [-0.39, 0.29) is 0 Å². The SMILES string of the molecule is Cc1cc(-c2[se]ccc2Cl)ccc1O. The first-order chi connectivity index (χ1) is 6.68. The van der Waals surface area contributed by atoms with Gasteiger partial charge in [0.15, 0.2) is 0 Å². The standard InChI is InChI=1S/C11H9ClOSe/c1-7-6-8(2-3-10(7)13)11-9(12)4-5-14-11/h2-6,13H,1H3. The molecule has 14 heavy (non-hydrogen) atoms. The average Bonchev–Trinajstić information content (AvgIpc) is 2.57. The molecule has 0 spiro atoms. The van der Waals surface area contributed by atoms with Crippen LogP contribution in [0.25, 0.3) is 10.0 Å². The minimum atomic E-state index is 0.334. The second-order valence-electron chi connectivity index (χ2n) is 3.10. The van der Waals surface area contributed by atoms with Crippen molar-refractivity contribution in [3.8, 4) is 15.8 Å². The molecule has 0 atom stereocenters. The minimum absolute atomic E-state index is 0.334. The maximum absolute atomic E-state index is 9.39. The van der Waals surface area contributed by atoms with Crippen molar-refractivity contribution in [2.75, 3.05) is 0 Å². The van der Waals surface area contributed by atoms with Crippen LogP contribution in [0.4, 0.5) is 0 Å². The number of hydrogen-bond acceptors (Lipinski definition) is 1. The summed E-state index contributed by atoms with van der Waals surface area (Å²) in [5.74, 6) is 0.337. The third-order valence-electron chi connectivity index (χ3n) is 2.08. The molecule has 0 saturated carbocycles. The average molecular weight is 272 g/mol. The van der Waals surface area contributed by atoms with Crippen LogP contribution in [0.1, 0.15) is 5.56 Å². The molecule has 0 radical (unpaired) electrons. The Bertz CT molecular complexity index is 462. The second kappa shape index (κ2) is 3.82. The van der Waals surface area contributed by atoms with E-state index in [2.05, 4.69) is 4.94 Å². The molecule has 1 nitrogen and oxygen atoms in total. The van der Waals surface area contributed by atoms with E-state index in [0.29, 0.717) is 20.3 Å². The molecule has 0 aliphatic heterocycles. The van der Waals surface area contributed by atoms with Crippen molar-refractivity contribution in [3.63, 3.8) is 0 Å². The number of phenols is 1. The van der Waals surface area contributed by atoms with Crippen LogP contribution >= 0.6 is 11.6 Å². The predicted octanol–water partition coefficient (Wildman–Crippen LogP) is 3.08. The van der Waals surface area contributed by atoms with Gasteiger partial charge in [-0.3, -0.25) is 0 Å². The summed E-state index contributed by atoms with van der Waals surface area (Å²) < 4.78 is 1.20. The summed E-state index contributed by atoms with van der Waals surface area (Å²) >= 11 is 6.38. The summed E-state index contributed by atoms with van der Waals surface area (Å²) in [7, 11) is 0. The molecule has 3 heteroatoms. The third-order valence-corrected chi connectivity index (χ3v) is 4.67. The third kappa shape index (κ3) is 1.74. The molecule has 1 aromatic heterocycles. The summed E-state index contributed by atoms with van der Waals surface area (Å²) in [6, 6.07) is 7.55. The van der Waals surface area contributed by atoms with Crippen LogP contribution in [-0.4, -0.2) is 19.6 Å². The van der Waals surface area contributed by atoms with Gasteiger partial charge < -0.3 is 0 Å². The van der Waals surface area contributed by atoms with Crippen LogP contribution in [0.5, 0.6) is 5.75 Å². The van der Waals surface area contributed by atoms with Gasteiger partial charge in [0.05, 0.1) is 0 Å². The zero-order chi connectivity index (χ0) is 10.1. The molecule has 72 valence electrons. The van der Waals surface area contributed by atoms with E-state index in [4.69, 9.17) is 11.6 Å². The van der Waals surface area contributed by atoms with Crippen molar-refractivity contribution in [2.24, 2.45) is 0 Å². The molecule has 0 fully saturated rings. The fraction of sp³-hybridized carbons (Fsp3) is 0.0909. The summed E-state index contributed by atoms with van der Waals surface area (Å²) in [6.07, 6.45) is 0. The number of phenolic OH excluding ortho intramolecular Hbond substituents is 1. The molecule has 1 aromatic carbocycles. The van der Waals surface area contributed by atoms with Gasteiger partial charge in [0.25, 0.3) is 0 Å². The van der Waals surface area contributed by atoms with E-state index < -0.39 is 0 Å². The molecule has 0 aliphatic rings. The normalized spacial score (nSPS) is 10.4. The van der Waals surface area contributed by atoms with Crippen molar-refractivity contribution in [1.29, 1.82) is 0 Å². The van der Waals surface area contributed by atoms with Gasteiger partial charge in [-0.2, -0.15) is 0 Å². The molecular weight excluding hydrogens is 263 g/mol. The molecule has 0 bridgehead atoms. The Kier molecular flexibility index (Phi) is 2.69. The van der Waals surface area contributed by atoms with Crippen molar-refractivity contribution >= 4 is 26.1 Å². The Morgan fingerprint density at radius 3 is 2.64 bits per heavy atom. The van der Waals surface area contributed by atoms with Crippen LogP contribution in [0.2, 0.25) is 5.02 Å². The molecule has 1 heterocycles. The molecular formula is C11H9ClOSe. The Labute approximate surface area is 93.7 Å². The molecule has 1 N–H and O–H groups in total. The van der Waals surface area contributed by atoms with E-state index >= 15 is 0 Å². The predicted molar refractivity (Wildman–Crippen MR) is 60.2 cm³/mol. The fourth-order valence-electron chi connectivity index (χ4n) is 1.30. The molecule has 0 aliphatic carbocycles.